The number of ether oxygens (including phenoxy) is 4. The maximum Gasteiger partial charge on any atom is 0.338 e. The maximum absolute atomic E-state index is 12.8. The van der Waals surface area contributed by atoms with Crippen molar-refractivity contribution in [3.63, 3.8) is 0 Å². The van der Waals surface area contributed by atoms with E-state index in [9.17, 15) is 4.79 Å². The first-order valence-electron chi connectivity index (χ1n) is 30.3. The molecule has 0 bridgehead atoms. The van der Waals surface area contributed by atoms with Crippen LogP contribution in [0.1, 0.15) is 339 Å². The lowest BCUT2D eigenvalue weighted by Crippen LogP contribution is -2.09. The Morgan fingerprint density at radius 1 is 0.299 bits per heavy atom. The van der Waals surface area contributed by atoms with Gasteiger partial charge in [0.2, 0.25) is 5.75 Å². The van der Waals surface area contributed by atoms with E-state index in [0.717, 1.165) is 32.1 Å². The molecule has 1 aromatic carbocycles. The van der Waals surface area contributed by atoms with Gasteiger partial charge in [0.05, 0.1) is 32.5 Å². The van der Waals surface area contributed by atoms with Crippen LogP contribution in [0.4, 0.5) is 0 Å². The van der Waals surface area contributed by atoms with Crippen molar-refractivity contribution in [2.45, 2.75) is 329 Å². The number of esters is 1. The zero-order chi connectivity index (χ0) is 48.2. The number of carbonyl (C=O) groups excluding carboxylic acids is 1. The molecule has 67 heavy (non-hydrogen) atoms. The molecule has 0 saturated heterocycles. The van der Waals surface area contributed by atoms with Gasteiger partial charge < -0.3 is 18.9 Å². The van der Waals surface area contributed by atoms with Crippen LogP contribution in [-0.4, -0.2) is 32.9 Å². The molecule has 5 nitrogen and oxygen atoms in total. The van der Waals surface area contributed by atoms with E-state index in [0.29, 0.717) is 42.6 Å². The highest BCUT2D eigenvalue weighted by atomic mass is 16.5. The van der Waals surface area contributed by atoms with Gasteiger partial charge in [-0.3, -0.25) is 0 Å². The van der Waals surface area contributed by atoms with E-state index < -0.39 is 0 Å². The Morgan fingerprint density at radius 3 is 0.701 bits per heavy atom. The summed E-state index contributed by atoms with van der Waals surface area (Å²) in [6.07, 6.45) is 64.7. The summed E-state index contributed by atoms with van der Waals surface area (Å²) in [5.41, 5.74) is 0.459. The molecule has 0 atom stereocenters. The van der Waals surface area contributed by atoms with E-state index >= 15 is 0 Å². The van der Waals surface area contributed by atoms with Gasteiger partial charge in [-0.2, -0.15) is 0 Å². The normalized spacial score (nSPS) is 11.4. The van der Waals surface area contributed by atoms with Crippen molar-refractivity contribution in [3.8, 4) is 17.2 Å². The molecule has 1 rings (SSSR count). The van der Waals surface area contributed by atoms with Crippen LogP contribution in [0.25, 0.3) is 0 Å². The average Bonchev–Trinajstić information content (AvgIpc) is 3.34. The third-order valence-electron chi connectivity index (χ3n) is 14.2. The van der Waals surface area contributed by atoms with Crippen LogP contribution in [0.5, 0.6) is 17.2 Å². The molecule has 0 aliphatic heterocycles. The van der Waals surface area contributed by atoms with Gasteiger partial charge in [-0.15, -0.1) is 0 Å². The second kappa shape index (κ2) is 51.9. The predicted molar refractivity (Wildman–Crippen MR) is 293 cm³/mol. The molecular formula is C62H116O5. The largest absolute Gasteiger partial charge is 0.490 e. The molecule has 0 amide bonds. The lowest BCUT2D eigenvalue weighted by Gasteiger charge is -2.18. The number of carbonyl (C=O) groups is 1. The van der Waals surface area contributed by atoms with E-state index in [1.807, 2.05) is 12.1 Å². The second-order valence-electron chi connectivity index (χ2n) is 20.7. The van der Waals surface area contributed by atoms with Gasteiger partial charge in [0.25, 0.3) is 0 Å². The average molecular weight is 942 g/mol. The minimum absolute atomic E-state index is 0.371. The summed E-state index contributed by atoms with van der Waals surface area (Å²) in [6, 6.07) is 3.62. The Hall–Kier alpha value is -1.91. The standard InChI is InChI=1S/C62H116O5/c1-5-8-11-14-17-20-23-26-29-32-35-38-41-44-47-50-53-65-59-56-58(62(63)64-4)57-60(66-54-51-48-45-42-39-36-33-30-27-24-21-18-15-12-9-6-2)61(59)67-55-52-49-46-43-40-37-34-31-28-25-22-19-16-13-10-7-3/h56-57H,5-55H2,1-4H3. The third-order valence-corrected chi connectivity index (χ3v) is 14.2. The topological polar surface area (TPSA) is 54.0 Å². The SMILES string of the molecule is CCCCCCCCCCCCCCCCCCOc1cc(C(=O)OC)cc(OCCCCCCCCCCCCCCCCCC)c1OCCCCCCCCCCCCCCCCCC. The first-order valence-corrected chi connectivity index (χ1v) is 30.3. The van der Waals surface area contributed by atoms with Crippen molar-refractivity contribution < 1.29 is 23.7 Å². The summed E-state index contributed by atoms with van der Waals surface area (Å²) >= 11 is 0. The molecule has 0 unspecified atom stereocenters. The zero-order valence-electron chi connectivity index (χ0n) is 45.8. The van der Waals surface area contributed by atoms with Crippen LogP contribution in [0, 0.1) is 0 Å². The molecule has 0 spiro atoms. The maximum atomic E-state index is 12.8. The minimum Gasteiger partial charge on any atom is -0.490 e. The molecule has 0 fully saturated rings. The number of methoxy groups -OCH3 is 1. The lowest BCUT2D eigenvalue weighted by atomic mass is 10.0. The highest BCUT2D eigenvalue weighted by Gasteiger charge is 2.19. The molecule has 0 aliphatic rings. The van der Waals surface area contributed by atoms with Crippen molar-refractivity contribution in [3.05, 3.63) is 17.7 Å². The smallest absolute Gasteiger partial charge is 0.338 e. The first-order chi connectivity index (χ1) is 33.2. The van der Waals surface area contributed by atoms with Gasteiger partial charge in [0, 0.05) is 0 Å². The Bertz CT molecular complexity index is 1090. The summed E-state index contributed by atoms with van der Waals surface area (Å²) in [6.45, 7) is 8.73. The van der Waals surface area contributed by atoms with Gasteiger partial charge in [-0.1, -0.05) is 310 Å². The summed E-state index contributed by atoms with van der Waals surface area (Å²) in [5.74, 6) is 1.51. The minimum atomic E-state index is -0.371. The number of benzene rings is 1. The fourth-order valence-electron chi connectivity index (χ4n) is 9.66. The number of rotatable bonds is 55. The van der Waals surface area contributed by atoms with Crippen molar-refractivity contribution in [2.24, 2.45) is 0 Å². The Kier molecular flexibility index (Phi) is 48.9. The number of hydrogen-bond acceptors (Lipinski definition) is 5. The van der Waals surface area contributed by atoms with Gasteiger partial charge in [-0.25, -0.2) is 4.79 Å². The monoisotopic (exact) mass is 941 g/mol. The van der Waals surface area contributed by atoms with Crippen LogP contribution in [0.3, 0.4) is 0 Å². The fraction of sp³-hybridized carbons (Fsp3) is 0.887. The van der Waals surface area contributed by atoms with E-state index in [4.69, 9.17) is 18.9 Å². The quantitative estimate of drug-likeness (QED) is 0.0481. The highest BCUT2D eigenvalue weighted by molar-refractivity contribution is 5.91. The Balaban J connectivity index is 2.51. The van der Waals surface area contributed by atoms with Crippen molar-refractivity contribution >= 4 is 5.97 Å². The highest BCUT2D eigenvalue weighted by Crippen LogP contribution is 2.40. The molecule has 1 aromatic rings. The van der Waals surface area contributed by atoms with Crippen LogP contribution in [-0.2, 0) is 4.74 Å². The van der Waals surface area contributed by atoms with Gasteiger partial charge >= 0.3 is 5.97 Å². The van der Waals surface area contributed by atoms with Crippen LogP contribution in [0.2, 0.25) is 0 Å². The van der Waals surface area contributed by atoms with E-state index in [-0.39, 0.29) is 5.97 Å². The fourth-order valence-corrected chi connectivity index (χ4v) is 9.66. The van der Waals surface area contributed by atoms with Gasteiger partial charge in [0.1, 0.15) is 0 Å². The van der Waals surface area contributed by atoms with Crippen molar-refractivity contribution in [1.82, 2.24) is 0 Å². The van der Waals surface area contributed by atoms with Crippen LogP contribution < -0.4 is 14.2 Å². The van der Waals surface area contributed by atoms with E-state index in [2.05, 4.69) is 20.8 Å². The molecule has 0 N–H and O–H groups in total. The number of unbranched alkanes of at least 4 members (excludes halogenated alkanes) is 45. The lowest BCUT2D eigenvalue weighted by molar-refractivity contribution is 0.0599. The van der Waals surface area contributed by atoms with Gasteiger partial charge in [0.15, 0.2) is 11.5 Å². The molecule has 0 heterocycles. The Morgan fingerprint density at radius 2 is 0.493 bits per heavy atom. The third kappa shape index (κ3) is 41.6. The molecule has 0 radical (unpaired) electrons. The zero-order valence-corrected chi connectivity index (χ0v) is 45.8. The second-order valence-corrected chi connectivity index (χ2v) is 20.7. The predicted octanol–water partition coefficient (Wildman–Crippen LogP) is 21.4. The first kappa shape index (κ1) is 63.1. The molecule has 0 saturated carbocycles. The molecule has 0 aromatic heterocycles. The van der Waals surface area contributed by atoms with E-state index in [1.54, 1.807) is 0 Å². The number of hydrogen-bond donors (Lipinski definition) is 0. The molecular weight excluding hydrogens is 825 g/mol. The summed E-state index contributed by atoms with van der Waals surface area (Å²) < 4.78 is 24.6. The molecule has 0 aliphatic carbocycles. The van der Waals surface area contributed by atoms with Crippen LogP contribution in [0.15, 0.2) is 12.1 Å². The molecule has 394 valence electrons. The van der Waals surface area contributed by atoms with E-state index in [1.165, 1.54) is 283 Å². The Labute approximate surface area is 418 Å². The summed E-state index contributed by atoms with van der Waals surface area (Å²) in [4.78, 5) is 12.8. The summed E-state index contributed by atoms with van der Waals surface area (Å²) in [5, 5.41) is 0. The van der Waals surface area contributed by atoms with Crippen molar-refractivity contribution in [1.29, 1.82) is 0 Å². The van der Waals surface area contributed by atoms with Gasteiger partial charge in [-0.05, 0) is 31.4 Å². The summed E-state index contributed by atoms with van der Waals surface area (Å²) in [7, 11) is 1.44. The van der Waals surface area contributed by atoms with Crippen molar-refractivity contribution in [2.75, 3.05) is 26.9 Å². The molecule has 5 heteroatoms. The van der Waals surface area contributed by atoms with Crippen LogP contribution >= 0.6 is 0 Å².